The van der Waals surface area contributed by atoms with Crippen LogP contribution in [0, 0.1) is 11.7 Å². The number of rotatable bonds is 6. The van der Waals surface area contributed by atoms with E-state index in [2.05, 4.69) is 10.6 Å². The molecule has 0 spiro atoms. The fraction of sp³-hybridized carbons (Fsp3) is 0.467. The van der Waals surface area contributed by atoms with Crippen LogP contribution in [0.4, 0.5) is 10.1 Å². The van der Waals surface area contributed by atoms with E-state index in [9.17, 15) is 19.1 Å². The van der Waals surface area contributed by atoms with E-state index >= 15 is 0 Å². The predicted octanol–water partition coefficient (Wildman–Crippen LogP) is 1.92. The zero-order valence-corrected chi connectivity index (χ0v) is 12.4. The van der Waals surface area contributed by atoms with E-state index in [1.54, 1.807) is 0 Å². The number of aliphatic hydroxyl groups excluding tert-OH is 1. The average molecular weight is 296 g/mol. The highest BCUT2D eigenvalue weighted by molar-refractivity contribution is 5.96. The molecule has 1 rings (SSSR count). The maximum absolute atomic E-state index is 13.5. The van der Waals surface area contributed by atoms with Crippen LogP contribution < -0.4 is 10.6 Å². The first-order valence-corrected chi connectivity index (χ1v) is 6.84. The molecule has 0 saturated carbocycles. The van der Waals surface area contributed by atoms with Crippen molar-refractivity contribution in [1.82, 2.24) is 5.32 Å². The van der Waals surface area contributed by atoms with E-state index in [0.717, 1.165) is 6.07 Å². The summed E-state index contributed by atoms with van der Waals surface area (Å²) in [6.45, 7) is 5.38. The Morgan fingerprint density at radius 2 is 2.00 bits per heavy atom. The van der Waals surface area contributed by atoms with Gasteiger partial charge >= 0.3 is 0 Å². The van der Waals surface area contributed by atoms with Crippen molar-refractivity contribution >= 4 is 17.5 Å². The van der Waals surface area contributed by atoms with Crippen LogP contribution in [0.3, 0.4) is 0 Å². The molecule has 1 atom stereocenters. The van der Waals surface area contributed by atoms with Crippen LogP contribution >= 0.6 is 0 Å². The lowest BCUT2D eigenvalue weighted by atomic mass is 10.0. The van der Waals surface area contributed by atoms with Gasteiger partial charge in [-0.1, -0.05) is 13.8 Å². The summed E-state index contributed by atoms with van der Waals surface area (Å²) >= 11 is 0. The Hall–Kier alpha value is -1.95. The van der Waals surface area contributed by atoms with Gasteiger partial charge in [-0.05, 0) is 30.5 Å². The number of benzene rings is 1. The summed E-state index contributed by atoms with van der Waals surface area (Å²) in [6.07, 6.45) is -0.0307. The number of amides is 2. The second kappa shape index (κ2) is 7.73. The molecule has 0 saturated heterocycles. The number of carbonyl (C=O) groups excluding carboxylic acids is 2. The third-order valence-corrected chi connectivity index (χ3v) is 3.03. The van der Waals surface area contributed by atoms with Gasteiger partial charge in [0.1, 0.15) is 5.82 Å². The molecule has 1 aromatic rings. The largest absolute Gasteiger partial charge is 0.393 e. The maximum Gasteiger partial charge on any atom is 0.251 e. The van der Waals surface area contributed by atoms with Crippen LogP contribution in [0.1, 0.15) is 37.6 Å². The van der Waals surface area contributed by atoms with Crippen molar-refractivity contribution in [2.75, 3.05) is 11.9 Å². The van der Waals surface area contributed by atoms with Crippen molar-refractivity contribution in [3.63, 3.8) is 0 Å². The van der Waals surface area contributed by atoms with Gasteiger partial charge < -0.3 is 15.7 Å². The van der Waals surface area contributed by atoms with Gasteiger partial charge in [-0.15, -0.1) is 0 Å². The zero-order chi connectivity index (χ0) is 16.0. The van der Waals surface area contributed by atoms with Crippen LogP contribution in [-0.2, 0) is 4.79 Å². The lowest BCUT2D eigenvalue weighted by molar-refractivity contribution is -0.114. The van der Waals surface area contributed by atoms with Crippen LogP contribution in [0.5, 0.6) is 0 Å². The fourth-order valence-corrected chi connectivity index (χ4v) is 1.72. The Morgan fingerprint density at radius 1 is 1.33 bits per heavy atom. The number of carbonyl (C=O) groups is 2. The van der Waals surface area contributed by atoms with Gasteiger partial charge in [0.2, 0.25) is 5.91 Å². The number of anilines is 1. The standard InChI is InChI=1S/C15H21FN2O3/c1-9(2)14(20)6-7-17-15(21)11-4-5-12(16)13(8-11)18-10(3)19/h4-5,8-9,14,20H,6-7H2,1-3H3,(H,17,21)(H,18,19). The minimum atomic E-state index is -0.600. The summed E-state index contributed by atoms with van der Waals surface area (Å²) in [4.78, 5) is 22.9. The number of hydrogen-bond donors (Lipinski definition) is 3. The van der Waals surface area contributed by atoms with E-state index in [-0.39, 0.29) is 23.1 Å². The number of halogens is 1. The quantitative estimate of drug-likeness (QED) is 0.750. The average Bonchev–Trinajstić information content (AvgIpc) is 2.40. The minimum Gasteiger partial charge on any atom is -0.393 e. The fourth-order valence-electron chi connectivity index (χ4n) is 1.72. The molecule has 0 aliphatic rings. The first-order chi connectivity index (χ1) is 9.81. The molecule has 1 aromatic carbocycles. The van der Waals surface area contributed by atoms with Crippen molar-refractivity contribution in [2.24, 2.45) is 5.92 Å². The zero-order valence-electron chi connectivity index (χ0n) is 12.4. The third kappa shape index (κ3) is 5.51. The van der Waals surface area contributed by atoms with Gasteiger partial charge in [0.05, 0.1) is 11.8 Å². The highest BCUT2D eigenvalue weighted by Crippen LogP contribution is 2.16. The molecule has 0 radical (unpaired) electrons. The maximum atomic E-state index is 13.5. The monoisotopic (exact) mass is 296 g/mol. The van der Waals surface area contributed by atoms with Crippen molar-refractivity contribution in [2.45, 2.75) is 33.3 Å². The molecule has 116 valence electrons. The lowest BCUT2D eigenvalue weighted by Crippen LogP contribution is -2.28. The molecule has 21 heavy (non-hydrogen) atoms. The Kier molecular flexibility index (Phi) is 6.30. The predicted molar refractivity (Wildman–Crippen MR) is 78.5 cm³/mol. The van der Waals surface area contributed by atoms with E-state index in [4.69, 9.17) is 0 Å². The Labute approximate surface area is 123 Å². The van der Waals surface area contributed by atoms with Crippen LogP contribution in [0.25, 0.3) is 0 Å². The number of aliphatic hydroxyl groups is 1. The van der Waals surface area contributed by atoms with Crippen molar-refractivity contribution in [3.05, 3.63) is 29.6 Å². The SMILES string of the molecule is CC(=O)Nc1cc(C(=O)NCCC(O)C(C)C)ccc1F. The van der Waals surface area contributed by atoms with Gasteiger partial charge in [-0.3, -0.25) is 9.59 Å². The summed E-state index contributed by atoms with van der Waals surface area (Å²) in [5.74, 6) is -1.26. The summed E-state index contributed by atoms with van der Waals surface area (Å²) in [5, 5.41) is 14.6. The van der Waals surface area contributed by atoms with E-state index in [1.807, 2.05) is 13.8 Å². The van der Waals surface area contributed by atoms with Crippen LogP contribution in [-0.4, -0.2) is 29.6 Å². The molecule has 6 heteroatoms. The second-order valence-electron chi connectivity index (χ2n) is 5.23. The third-order valence-electron chi connectivity index (χ3n) is 3.03. The van der Waals surface area contributed by atoms with E-state index in [0.29, 0.717) is 13.0 Å². The Bertz CT molecular complexity index is 518. The molecule has 5 nitrogen and oxygen atoms in total. The molecule has 0 fully saturated rings. The lowest BCUT2D eigenvalue weighted by Gasteiger charge is -2.14. The Morgan fingerprint density at radius 3 is 2.57 bits per heavy atom. The van der Waals surface area contributed by atoms with Crippen LogP contribution in [0.2, 0.25) is 0 Å². The molecule has 0 heterocycles. The summed E-state index contributed by atoms with van der Waals surface area (Å²) < 4.78 is 13.5. The molecular weight excluding hydrogens is 275 g/mol. The molecule has 0 aromatic heterocycles. The normalized spacial score (nSPS) is 12.1. The van der Waals surface area contributed by atoms with Crippen molar-refractivity contribution < 1.29 is 19.1 Å². The van der Waals surface area contributed by atoms with Gasteiger partial charge in [0.15, 0.2) is 0 Å². The molecule has 1 unspecified atom stereocenters. The molecule has 2 amide bonds. The van der Waals surface area contributed by atoms with Gasteiger partial charge in [-0.25, -0.2) is 4.39 Å². The smallest absolute Gasteiger partial charge is 0.251 e. The topological polar surface area (TPSA) is 78.4 Å². The van der Waals surface area contributed by atoms with Crippen molar-refractivity contribution in [1.29, 1.82) is 0 Å². The highest BCUT2D eigenvalue weighted by Gasteiger charge is 2.12. The van der Waals surface area contributed by atoms with E-state index < -0.39 is 17.8 Å². The minimum absolute atomic E-state index is 0.0302. The van der Waals surface area contributed by atoms with Gasteiger partial charge in [-0.2, -0.15) is 0 Å². The number of nitrogens with one attached hydrogen (secondary N) is 2. The summed E-state index contributed by atoms with van der Waals surface area (Å²) in [5.41, 5.74) is 0.219. The first-order valence-electron chi connectivity index (χ1n) is 6.84. The first kappa shape index (κ1) is 17.1. The van der Waals surface area contributed by atoms with Crippen molar-refractivity contribution in [3.8, 4) is 0 Å². The second-order valence-corrected chi connectivity index (χ2v) is 5.23. The molecule has 0 bridgehead atoms. The molecule has 3 N–H and O–H groups in total. The summed E-state index contributed by atoms with van der Waals surface area (Å²) in [6, 6.07) is 3.75. The van der Waals surface area contributed by atoms with Gasteiger partial charge in [0, 0.05) is 19.0 Å². The molecule has 0 aliphatic carbocycles. The Balaban J connectivity index is 2.64. The van der Waals surface area contributed by atoms with Crippen LogP contribution in [0.15, 0.2) is 18.2 Å². The molecular formula is C15H21FN2O3. The summed E-state index contributed by atoms with van der Waals surface area (Å²) in [7, 11) is 0. The van der Waals surface area contributed by atoms with E-state index in [1.165, 1.54) is 19.1 Å². The molecule has 0 aliphatic heterocycles. The van der Waals surface area contributed by atoms with Gasteiger partial charge in [0.25, 0.3) is 5.91 Å². The number of hydrogen-bond acceptors (Lipinski definition) is 3. The highest BCUT2D eigenvalue weighted by atomic mass is 19.1.